The lowest BCUT2D eigenvalue weighted by atomic mass is 10.1. The van der Waals surface area contributed by atoms with Crippen LogP contribution in [0.25, 0.3) is 11.3 Å². The molecule has 0 N–H and O–H groups in total. The Morgan fingerprint density at radius 3 is 2.93 bits per heavy atom. The number of hydrogen-bond donors (Lipinski definition) is 0. The number of rotatable bonds is 2. The molecule has 0 saturated heterocycles. The van der Waals surface area contributed by atoms with Crippen molar-refractivity contribution in [2.75, 3.05) is 0 Å². The van der Waals surface area contributed by atoms with E-state index in [-0.39, 0.29) is 0 Å². The van der Waals surface area contributed by atoms with E-state index < -0.39 is 0 Å². The Morgan fingerprint density at radius 1 is 1.43 bits per heavy atom. The Morgan fingerprint density at radius 2 is 2.29 bits per heavy atom. The third kappa shape index (κ3) is 1.42. The van der Waals surface area contributed by atoms with E-state index in [1.54, 1.807) is 23.1 Å². The average molecular weight is 187 g/mol. The summed E-state index contributed by atoms with van der Waals surface area (Å²) < 4.78 is 1.74. The van der Waals surface area contributed by atoms with Crippen LogP contribution in [0.2, 0.25) is 0 Å². The Labute approximate surface area is 81.2 Å². The summed E-state index contributed by atoms with van der Waals surface area (Å²) in [5.74, 6) is 0. The molecular formula is C10H9N3O. The van der Waals surface area contributed by atoms with Crippen LogP contribution in [0.3, 0.4) is 0 Å². The molecule has 70 valence electrons. The fourth-order valence-electron chi connectivity index (χ4n) is 1.32. The Balaban J connectivity index is 2.52. The van der Waals surface area contributed by atoms with E-state index in [9.17, 15) is 4.79 Å². The number of hydrogen-bond acceptors (Lipinski definition) is 3. The smallest absolute Gasteiger partial charge is 0.151 e. The molecule has 0 fully saturated rings. The van der Waals surface area contributed by atoms with E-state index in [0.717, 1.165) is 17.5 Å². The fraction of sp³-hybridized carbons (Fsp3) is 0.100. The van der Waals surface area contributed by atoms with E-state index in [2.05, 4.69) is 10.1 Å². The summed E-state index contributed by atoms with van der Waals surface area (Å²) in [5, 5.41) is 4.05. The molecule has 0 saturated carbocycles. The lowest BCUT2D eigenvalue weighted by molar-refractivity contribution is 0.112. The highest BCUT2D eigenvalue weighted by molar-refractivity contribution is 5.77. The second-order valence-corrected chi connectivity index (χ2v) is 2.96. The maximum atomic E-state index is 10.6. The normalized spacial score (nSPS) is 10.1. The fourth-order valence-corrected chi connectivity index (χ4v) is 1.32. The van der Waals surface area contributed by atoms with Gasteiger partial charge in [-0.2, -0.15) is 5.10 Å². The molecule has 2 aromatic rings. The van der Waals surface area contributed by atoms with Crippen LogP contribution in [0.4, 0.5) is 0 Å². The third-order valence-electron chi connectivity index (χ3n) is 2.01. The van der Waals surface area contributed by atoms with Crippen molar-refractivity contribution in [3.63, 3.8) is 0 Å². The minimum atomic E-state index is 0.573. The molecule has 2 aromatic heterocycles. The van der Waals surface area contributed by atoms with Crippen molar-refractivity contribution in [2.24, 2.45) is 7.05 Å². The Hall–Kier alpha value is -1.97. The van der Waals surface area contributed by atoms with Crippen molar-refractivity contribution in [2.45, 2.75) is 0 Å². The third-order valence-corrected chi connectivity index (χ3v) is 2.01. The molecule has 0 radical (unpaired) electrons. The van der Waals surface area contributed by atoms with Crippen molar-refractivity contribution in [1.82, 2.24) is 14.8 Å². The van der Waals surface area contributed by atoms with Crippen molar-refractivity contribution >= 4 is 6.29 Å². The van der Waals surface area contributed by atoms with Crippen LogP contribution in [-0.2, 0) is 7.05 Å². The zero-order chi connectivity index (χ0) is 9.97. The molecule has 0 unspecified atom stereocenters. The summed E-state index contributed by atoms with van der Waals surface area (Å²) in [6, 6.07) is 3.67. The molecule has 2 heterocycles. The number of carbonyl (C=O) groups is 1. The standard InChI is InChI=1S/C10H9N3O/c1-13-10(2-3-12-13)9-4-8(7-14)5-11-6-9/h2-7H,1H3. The lowest BCUT2D eigenvalue weighted by Gasteiger charge is -2.01. The van der Waals surface area contributed by atoms with Crippen LogP contribution < -0.4 is 0 Å². The first-order valence-corrected chi connectivity index (χ1v) is 4.20. The van der Waals surface area contributed by atoms with Crippen LogP contribution in [-0.4, -0.2) is 21.1 Å². The summed E-state index contributed by atoms with van der Waals surface area (Å²) in [4.78, 5) is 14.5. The van der Waals surface area contributed by atoms with Gasteiger partial charge in [-0.1, -0.05) is 0 Å². The van der Waals surface area contributed by atoms with Gasteiger partial charge in [-0.3, -0.25) is 14.5 Å². The molecule has 0 bridgehead atoms. The highest BCUT2D eigenvalue weighted by atomic mass is 16.1. The maximum absolute atomic E-state index is 10.6. The second kappa shape index (κ2) is 3.41. The van der Waals surface area contributed by atoms with Gasteiger partial charge >= 0.3 is 0 Å². The van der Waals surface area contributed by atoms with Crippen molar-refractivity contribution in [1.29, 1.82) is 0 Å². The average Bonchev–Trinajstić information content (AvgIpc) is 2.65. The van der Waals surface area contributed by atoms with Crippen molar-refractivity contribution in [3.05, 3.63) is 36.3 Å². The van der Waals surface area contributed by atoms with Crippen molar-refractivity contribution < 1.29 is 4.79 Å². The van der Waals surface area contributed by atoms with Gasteiger partial charge in [0.2, 0.25) is 0 Å². The molecule has 0 atom stereocenters. The first kappa shape index (κ1) is 8.62. The van der Waals surface area contributed by atoms with Gasteiger partial charge in [0.15, 0.2) is 6.29 Å². The highest BCUT2D eigenvalue weighted by Gasteiger charge is 2.02. The molecule has 0 aliphatic carbocycles. The first-order valence-electron chi connectivity index (χ1n) is 4.20. The molecule has 2 rings (SSSR count). The summed E-state index contributed by atoms with van der Waals surface area (Å²) in [6.07, 6.45) is 5.74. The zero-order valence-corrected chi connectivity index (χ0v) is 7.71. The summed E-state index contributed by atoms with van der Waals surface area (Å²) in [5.41, 5.74) is 2.42. The molecule has 0 aromatic carbocycles. The molecule has 4 heteroatoms. The van der Waals surface area contributed by atoms with Crippen molar-refractivity contribution in [3.8, 4) is 11.3 Å². The Kier molecular flexibility index (Phi) is 2.10. The largest absolute Gasteiger partial charge is 0.298 e. The predicted molar refractivity (Wildman–Crippen MR) is 51.8 cm³/mol. The number of pyridine rings is 1. The molecule has 0 amide bonds. The molecule has 4 nitrogen and oxygen atoms in total. The quantitative estimate of drug-likeness (QED) is 0.665. The molecule has 0 aliphatic rings. The number of carbonyl (C=O) groups excluding carboxylic acids is 1. The summed E-state index contributed by atoms with van der Waals surface area (Å²) in [6.45, 7) is 0. The first-order chi connectivity index (χ1) is 6.81. The number of aryl methyl sites for hydroxylation is 1. The summed E-state index contributed by atoms with van der Waals surface area (Å²) >= 11 is 0. The monoisotopic (exact) mass is 187 g/mol. The van der Waals surface area contributed by atoms with Gasteiger partial charge in [0, 0.05) is 36.8 Å². The molecule has 0 spiro atoms. The van der Waals surface area contributed by atoms with Gasteiger partial charge in [-0.05, 0) is 12.1 Å². The SMILES string of the molecule is Cn1nccc1-c1cncc(C=O)c1. The number of aromatic nitrogens is 3. The van der Waals surface area contributed by atoms with Crippen LogP contribution in [0, 0.1) is 0 Å². The van der Waals surface area contributed by atoms with E-state index in [4.69, 9.17) is 0 Å². The van der Waals surface area contributed by atoms with Gasteiger partial charge in [0.05, 0.1) is 5.69 Å². The van der Waals surface area contributed by atoms with E-state index in [0.29, 0.717) is 5.56 Å². The molecule has 14 heavy (non-hydrogen) atoms. The lowest BCUT2D eigenvalue weighted by Crippen LogP contribution is -1.94. The van der Waals surface area contributed by atoms with Gasteiger partial charge in [0.1, 0.15) is 0 Å². The van der Waals surface area contributed by atoms with Gasteiger partial charge in [-0.25, -0.2) is 0 Å². The van der Waals surface area contributed by atoms with E-state index >= 15 is 0 Å². The van der Waals surface area contributed by atoms with Gasteiger partial charge in [0.25, 0.3) is 0 Å². The minimum absolute atomic E-state index is 0.573. The zero-order valence-electron chi connectivity index (χ0n) is 7.71. The van der Waals surface area contributed by atoms with Crippen LogP contribution in [0.5, 0.6) is 0 Å². The Bertz CT molecular complexity index is 462. The summed E-state index contributed by atoms with van der Waals surface area (Å²) in [7, 11) is 1.85. The topological polar surface area (TPSA) is 47.8 Å². The van der Waals surface area contributed by atoms with Gasteiger partial charge in [-0.15, -0.1) is 0 Å². The predicted octanol–water partition coefficient (Wildman–Crippen LogP) is 1.29. The number of nitrogens with zero attached hydrogens (tertiary/aromatic N) is 3. The number of aldehydes is 1. The van der Waals surface area contributed by atoms with Crippen LogP contribution >= 0.6 is 0 Å². The highest BCUT2D eigenvalue weighted by Crippen LogP contribution is 2.17. The second-order valence-electron chi connectivity index (χ2n) is 2.96. The van der Waals surface area contributed by atoms with Gasteiger partial charge < -0.3 is 0 Å². The van der Waals surface area contributed by atoms with E-state index in [1.807, 2.05) is 13.1 Å². The maximum Gasteiger partial charge on any atom is 0.151 e. The minimum Gasteiger partial charge on any atom is -0.298 e. The van der Waals surface area contributed by atoms with Crippen LogP contribution in [0.1, 0.15) is 10.4 Å². The molecule has 0 aliphatic heterocycles. The van der Waals surface area contributed by atoms with Crippen LogP contribution in [0.15, 0.2) is 30.7 Å². The van der Waals surface area contributed by atoms with E-state index in [1.165, 1.54) is 6.20 Å². The molecular weight excluding hydrogens is 178 g/mol.